The smallest absolute Gasteiger partial charge is 0.220 e. The molecule has 1 amide bonds. The fourth-order valence-electron chi connectivity index (χ4n) is 2.66. The molecule has 1 atom stereocenters. The molecule has 0 aliphatic heterocycles. The highest BCUT2D eigenvalue weighted by atomic mass is 35.5. The van der Waals surface area contributed by atoms with Crippen molar-refractivity contribution in [3.8, 4) is 0 Å². The predicted octanol–water partition coefficient (Wildman–Crippen LogP) is 5.42. The lowest BCUT2D eigenvalue weighted by Gasteiger charge is -2.17. The zero-order chi connectivity index (χ0) is 17.0. The standard InChI is InChI=1S/C19H21Cl2NO/c1-12-4-7-16(13(2)10-12)14(3)22-19(23)9-6-15-5-8-17(20)18(21)11-15/h4-5,7-8,10-11,14H,6,9H2,1-3H3,(H,22,23). The van der Waals surface area contributed by atoms with Crippen LogP contribution in [-0.4, -0.2) is 5.91 Å². The minimum Gasteiger partial charge on any atom is -0.350 e. The van der Waals surface area contributed by atoms with Gasteiger partial charge in [0.25, 0.3) is 0 Å². The molecule has 2 rings (SSSR count). The number of benzene rings is 2. The van der Waals surface area contributed by atoms with Crippen molar-refractivity contribution in [1.29, 1.82) is 0 Å². The van der Waals surface area contributed by atoms with Crippen molar-refractivity contribution in [3.63, 3.8) is 0 Å². The zero-order valence-electron chi connectivity index (χ0n) is 13.6. The SMILES string of the molecule is Cc1ccc(C(C)NC(=O)CCc2ccc(Cl)c(Cl)c2)c(C)c1. The van der Waals surface area contributed by atoms with E-state index in [2.05, 4.69) is 37.4 Å². The van der Waals surface area contributed by atoms with E-state index in [0.29, 0.717) is 22.9 Å². The summed E-state index contributed by atoms with van der Waals surface area (Å²) in [7, 11) is 0. The second-order valence-corrected chi connectivity index (χ2v) is 6.71. The van der Waals surface area contributed by atoms with Crippen LogP contribution in [-0.2, 0) is 11.2 Å². The Balaban J connectivity index is 1.92. The van der Waals surface area contributed by atoms with Crippen LogP contribution in [0.2, 0.25) is 10.0 Å². The van der Waals surface area contributed by atoms with Crippen molar-refractivity contribution in [3.05, 3.63) is 68.7 Å². The molecule has 4 heteroatoms. The van der Waals surface area contributed by atoms with Crippen LogP contribution in [0.1, 0.15) is 41.6 Å². The van der Waals surface area contributed by atoms with Gasteiger partial charge in [-0.15, -0.1) is 0 Å². The van der Waals surface area contributed by atoms with Gasteiger partial charge in [0, 0.05) is 6.42 Å². The number of rotatable bonds is 5. The number of aryl methyl sites for hydroxylation is 3. The highest BCUT2D eigenvalue weighted by Gasteiger charge is 2.12. The Morgan fingerprint density at radius 2 is 1.83 bits per heavy atom. The molecule has 0 bridgehead atoms. The van der Waals surface area contributed by atoms with Gasteiger partial charge in [-0.2, -0.15) is 0 Å². The molecule has 0 aliphatic carbocycles. The quantitative estimate of drug-likeness (QED) is 0.766. The van der Waals surface area contributed by atoms with Gasteiger partial charge >= 0.3 is 0 Å². The Labute approximate surface area is 147 Å². The number of hydrogen-bond donors (Lipinski definition) is 1. The Kier molecular flexibility index (Phi) is 6.09. The summed E-state index contributed by atoms with van der Waals surface area (Å²) in [5.41, 5.74) is 4.58. The van der Waals surface area contributed by atoms with E-state index >= 15 is 0 Å². The van der Waals surface area contributed by atoms with E-state index < -0.39 is 0 Å². The molecule has 0 radical (unpaired) electrons. The lowest BCUT2D eigenvalue weighted by atomic mass is 10.00. The number of hydrogen-bond acceptors (Lipinski definition) is 1. The van der Waals surface area contributed by atoms with Gasteiger partial charge < -0.3 is 5.32 Å². The summed E-state index contributed by atoms with van der Waals surface area (Å²) < 4.78 is 0. The molecular formula is C19H21Cl2NO. The summed E-state index contributed by atoms with van der Waals surface area (Å²) in [4.78, 5) is 12.2. The first-order valence-corrected chi connectivity index (χ1v) is 8.43. The average Bonchev–Trinajstić information content (AvgIpc) is 2.48. The average molecular weight is 350 g/mol. The van der Waals surface area contributed by atoms with Crippen molar-refractivity contribution < 1.29 is 4.79 Å². The molecule has 1 N–H and O–H groups in total. The highest BCUT2D eigenvalue weighted by Crippen LogP contribution is 2.23. The van der Waals surface area contributed by atoms with Gasteiger partial charge in [0.1, 0.15) is 0 Å². The summed E-state index contributed by atoms with van der Waals surface area (Å²) in [6.07, 6.45) is 1.07. The number of halogens is 2. The van der Waals surface area contributed by atoms with Crippen molar-refractivity contribution in [2.75, 3.05) is 0 Å². The van der Waals surface area contributed by atoms with E-state index in [0.717, 1.165) is 11.1 Å². The van der Waals surface area contributed by atoms with Gasteiger partial charge in [0.05, 0.1) is 16.1 Å². The molecule has 0 spiro atoms. The Bertz CT molecular complexity index is 713. The lowest BCUT2D eigenvalue weighted by molar-refractivity contribution is -0.121. The molecule has 122 valence electrons. The van der Waals surface area contributed by atoms with Crippen molar-refractivity contribution in [2.45, 2.75) is 39.7 Å². The number of amides is 1. The molecule has 0 aromatic heterocycles. The van der Waals surface area contributed by atoms with Crippen LogP contribution in [0.25, 0.3) is 0 Å². The van der Waals surface area contributed by atoms with Crippen LogP contribution in [0.15, 0.2) is 36.4 Å². The normalized spacial score (nSPS) is 12.0. The van der Waals surface area contributed by atoms with E-state index in [-0.39, 0.29) is 11.9 Å². The third-order valence-corrected chi connectivity index (χ3v) is 4.63. The first-order valence-electron chi connectivity index (χ1n) is 7.67. The summed E-state index contributed by atoms with van der Waals surface area (Å²) in [5.74, 6) is 0.0311. The van der Waals surface area contributed by atoms with E-state index in [9.17, 15) is 4.79 Å². The minimum absolute atomic E-state index is 0.00287. The molecule has 1 unspecified atom stereocenters. The van der Waals surface area contributed by atoms with Crippen molar-refractivity contribution in [1.82, 2.24) is 5.32 Å². The molecule has 2 aromatic rings. The summed E-state index contributed by atoms with van der Waals surface area (Å²) >= 11 is 11.9. The summed E-state index contributed by atoms with van der Waals surface area (Å²) in [5, 5.41) is 4.11. The van der Waals surface area contributed by atoms with Crippen LogP contribution in [0, 0.1) is 13.8 Å². The second kappa shape index (κ2) is 7.85. The Hall–Kier alpha value is -1.51. The molecule has 0 aliphatic rings. The molecule has 0 heterocycles. The highest BCUT2D eigenvalue weighted by molar-refractivity contribution is 6.42. The molecular weight excluding hydrogens is 329 g/mol. The van der Waals surface area contributed by atoms with Gasteiger partial charge in [-0.1, -0.05) is 53.0 Å². The van der Waals surface area contributed by atoms with Gasteiger partial charge in [-0.25, -0.2) is 0 Å². The van der Waals surface area contributed by atoms with Gasteiger partial charge in [0.2, 0.25) is 5.91 Å². The summed E-state index contributed by atoms with van der Waals surface area (Å²) in [6.45, 7) is 6.15. The summed E-state index contributed by atoms with van der Waals surface area (Å²) in [6, 6.07) is 11.7. The fourth-order valence-corrected chi connectivity index (χ4v) is 2.98. The third kappa shape index (κ3) is 4.98. The van der Waals surface area contributed by atoms with Crippen LogP contribution in [0.5, 0.6) is 0 Å². The van der Waals surface area contributed by atoms with Crippen molar-refractivity contribution in [2.24, 2.45) is 0 Å². The maximum atomic E-state index is 12.2. The number of nitrogens with one attached hydrogen (secondary N) is 1. The monoisotopic (exact) mass is 349 g/mol. The van der Waals surface area contributed by atoms with Gasteiger partial charge in [0.15, 0.2) is 0 Å². The van der Waals surface area contributed by atoms with Crippen molar-refractivity contribution >= 4 is 29.1 Å². The first-order chi connectivity index (χ1) is 10.9. The maximum Gasteiger partial charge on any atom is 0.220 e. The molecule has 2 nitrogen and oxygen atoms in total. The minimum atomic E-state index is -0.00287. The maximum absolute atomic E-state index is 12.2. The molecule has 0 saturated carbocycles. The topological polar surface area (TPSA) is 29.1 Å². The van der Waals surface area contributed by atoms with Gasteiger partial charge in [-0.05, 0) is 56.0 Å². The molecule has 0 saturated heterocycles. The van der Waals surface area contributed by atoms with Crippen LogP contribution in [0.3, 0.4) is 0 Å². The Morgan fingerprint density at radius 3 is 2.48 bits per heavy atom. The van der Waals surface area contributed by atoms with E-state index in [1.54, 1.807) is 6.07 Å². The Morgan fingerprint density at radius 1 is 1.09 bits per heavy atom. The molecule has 2 aromatic carbocycles. The lowest BCUT2D eigenvalue weighted by Crippen LogP contribution is -2.27. The number of carbonyl (C=O) groups is 1. The second-order valence-electron chi connectivity index (χ2n) is 5.90. The van der Waals surface area contributed by atoms with Gasteiger partial charge in [-0.3, -0.25) is 4.79 Å². The molecule has 0 fully saturated rings. The van der Waals surface area contributed by atoms with Crippen LogP contribution < -0.4 is 5.32 Å². The fraction of sp³-hybridized carbons (Fsp3) is 0.316. The first kappa shape index (κ1) is 17.8. The van der Waals surface area contributed by atoms with E-state index in [1.807, 2.05) is 19.1 Å². The van der Waals surface area contributed by atoms with E-state index in [1.165, 1.54) is 11.1 Å². The van der Waals surface area contributed by atoms with Crippen LogP contribution in [0.4, 0.5) is 0 Å². The largest absolute Gasteiger partial charge is 0.350 e. The predicted molar refractivity (Wildman–Crippen MR) is 97.3 cm³/mol. The number of carbonyl (C=O) groups excluding carboxylic acids is 1. The van der Waals surface area contributed by atoms with Crippen LogP contribution >= 0.6 is 23.2 Å². The third-order valence-electron chi connectivity index (χ3n) is 3.89. The van der Waals surface area contributed by atoms with E-state index in [4.69, 9.17) is 23.2 Å². The molecule has 23 heavy (non-hydrogen) atoms. The zero-order valence-corrected chi connectivity index (χ0v) is 15.1.